The number of likely N-dealkylation sites (tertiary alicyclic amines) is 1. The van der Waals surface area contributed by atoms with Gasteiger partial charge < -0.3 is 14.1 Å². The molecule has 0 N–H and O–H groups in total. The van der Waals surface area contributed by atoms with Gasteiger partial charge in [0.1, 0.15) is 5.76 Å². The second-order valence-electron chi connectivity index (χ2n) is 7.17. The number of fused-ring (bicyclic) bond motifs is 2. The van der Waals surface area contributed by atoms with Gasteiger partial charge in [-0.05, 0) is 36.1 Å². The molecular weight excluding hydrogens is 316 g/mol. The van der Waals surface area contributed by atoms with Gasteiger partial charge in [-0.15, -0.1) is 0 Å². The number of ether oxygens (including phenoxy) is 1. The zero-order valence-electron chi connectivity index (χ0n) is 14.8. The first-order chi connectivity index (χ1) is 12.1. The second-order valence-corrected chi connectivity index (χ2v) is 7.17. The lowest BCUT2D eigenvalue weighted by molar-refractivity contribution is -0.158. The fraction of sp³-hybridized carbons (Fsp3) is 0.450. The van der Waals surface area contributed by atoms with E-state index in [1.54, 1.807) is 25.3 Å². The monoisotopic (exact) mass is 340 g/mol. The minimum absolute atomic E-state index is 0.0161. The number of likely N-dealkylation sites (N-methyl/N-ethyl adjacent to an activating group) is 1. The summed E-state index contributed by atoms with van der Waals surface area (Å²) in [7, 11) is 3.57. The first-order valence-electron chi connectivity index (χ1n) is 8.82. The Morgan fingerprint density at radius 2 is 1.96 bits per heavy atom. The summed E-state index contributed by atoms with van der Waals surface area (Å²) in [4.78, 5) is 16.6. The van der Waals surface area contributed by atoms with Crippen LogP contribution in [0.5, 0.6) is 0 Å². The highest BCUT2D eigenvalue weighted by atomic mass is 16.5. The maximum Gasteiger partial charge on any atom is 0.255 e. The van der Waals surface area contributed by atoms with Gasteiger partial charge in [-0.2, -0.15) is 0 Å². The number of nitrogens with zero attached hydrogens (tertiary/aromatic N) is 2. The van der Waals surface area contributed by atoms with Crippen molar-refractivity contribution < 1.29 is 13.9 Å². The average Bonchev–Trinajstić information content (AvgIpc) is 3.24. The first-order valence-corrected chi connectivity index (χ1v) is 8.82. The number of rotatable bonds is 3. The van der Waals surface area contributed by atoms with Gasteiger partial charge in [0.15, 0.2) is 6.10 Å². The fourth-order valence-corrected chi connectivity index (χ4v) is 3.99. The lowest BCUT2D eigenvalue weighted by Crippen LogP contribution is -2.42. The van der Waals surface area contributed by atoms with Crippen LogP contribution in [0.1, 0.15) is 35.8 Å². The van der Waals surface area contributed by atoms with Crippen molar-refractivity contribution in [3.63, 3.8) is 0 Å². The zero-order chi connectivity index (χ0) is 17.4. The summed E-state index contributed by atoms with van der Waals surface area (Å²) in [6.07, 6.45) is 3.01. The van der Waals surface area contributed by atoms with Crippen LogP contribution in [0.4, 0.5) is 0 Å². The van der Waals surface area contributed by atoms with E-state index in [0.717, 1.165) is 43.8 Å². The minimum Gasteiger partial charge on any atom is -0.468 e. The van der Waals surface area contributed by atoms with E-state index < -0.39 is 6.10 Å². The largest absolute Gasteiger partial charge is 0.468 e. The molecule has 5 heteroatoms. The molecule has 5 nitrogen and oxygen atoms in total. The smallest absolute Gasteiger partial charge is 0.255 e. The fourth-order valence-electron chi connectivity index (χ4n) is 3.99. The lowest BCUT2D eigenvalue weighted by atomic mass is 9.83. The number of amides is 1. The lowest BCUT2D eigenvalue weighted by Gasteiger charge is -2.39. The topological polar surface area (TPSA) is 45.9 Å². The van der Waals surface area contributed by atoms with E-state index >= 15 is 0 Å². The van der Waals surface area contributed by atoms with E-state index in [0.29, 0.717) is 0 Å². The average molecular weight is 340 g/mol. The van der Waals surface area contributed by atoms with E-state index in [4.69, 9.17) is 9.15 Å². The molecule has 3 heterocycles. The predicted molar refractivity (Wildman–Crippen MR) is 93.9 cm³/mol. The Balaban J connectivity index is 1.54. The molecule has 4 rings (SSSR count). The standard InChI is InChI=1S/C20H24N2O3/c1-21(2)19(23)18-16-7-3-4-8-17(16)20(25-18)9-11-22(12-10-20)14-15-6-5-13-24-15/h3-8,13,18H,9-12,14H2,1-2H3/t18-/m1/s1. The quantitative estimate of drug-likeness (QED) is 0.862. The molecule has 1 fully saturated rings. The Kier molecular flexibility index (Phi) is 4.13. The highest BCUT2D eigenvalue weighted by Crippen LogP contribution is 2.49. The summed E-state index contributed by atoms with van der Waals surface area (Å²) < 4.78 is 11.9. The van der Waals surface area contributed by atoms with Crippen LogP contribution < -0.4 is 0 Å². The molecule has 1 aromatic carbocycles. The van der Waals surface area contributed by atoms with Gasteiger partial charge in [-0.25, -0.2) is 0 Å². The molecule has 1 atom stereocenters. The normalized spacial score (nSPS) is 22.1. The SMILES string of the molecule is CN(C)C(=O)[C@@H]1OC2(CCN(Cc3ccco3)CC2)c2ccccc21. The first kappa shape index (κ1) is 16.4. The van der Waals surface area contributed by atoms with E-state index in [-0.39, 0.29) is 11.5 Å². The summed E-state index contributed by atoms with van der Waals surface area (Å²) in [6.45, 7) is 2.68. The van der Waals surface area contributed by atoms with Gasteiger partial charge in [-0.3, -0.25) is 9.69 Å². The maximum atomic E-state index is 12.6. The summed E-state index contributed by atoms with van der Waals surface area (Å²) >= 11 is 0. The summed E-state index contributed by atoms with van der Waals surface area (Å²) in [6, 6.07) is 12.1. The van der Waals surface area contributed by atoms with Crippen molar-refractivity contribution in [3.05, 3.63) is 59.5 Å². The van der Waals surface area contributed by atoms with Crippen molar-refractivity contribution in [1.82, 2.24) is 9.80 Å². The third kappa shape index (κ3) is 2.87. The molecule has 0 saturated carbocycles. The molecule has 2 aromatic rings. The molecule has 25 heavy (non-hydrogen) atoms. The highest BCUT2D eigenvalue weighted by molar-refractivity contribution is 5.83. The minimum atomic E-state index is -0.483. The van der Waals surface area contributed by atoms with Crippen LogP contribution in [0.25, 0.3) is 0 Å². The highest BCUT2D eigenvalue weighted by Gasteiger charge is 2.48. The van der Waals surface area contributed by atoms with Crippen LogP contribution in [-0.2, 0) is 21.7 Å². The third-order valence-electron chi connectivity index (χ3n) is 5.37. The van der Waals surface area contributed by atoms with E-state index in [2.05, 4.69) is 11.0 Å². The summed E-state index contributed by atoms with van der Waals surface area (Å²) in [5.74, 6) is 1.01. The molecule has 2 aliphatic rings. The van der Waals surface area contributed by atoms with Crippen molar-refractivity contribution in [2.45, 2.75) is 31.1 Å². The molecule has 1 aromatic heterocycles. The van der Waals surface area contributed by atoms with Crippen molar-refractivity contribution >= 4 is 5.91 Å². The number of hydrogen-bond acceptors (Lipinski definition) is 4. The molecule has 0 radical (unpaired) electrons. The van der Waals surface area contributed by atoms with Gasteiger partial charge in [0, 0.05) is 27.2 Å². The van der Waals surface area contributed by atoms with Crippen LogP contribution in [-0.4, -0.2) is 42.9 Å². The van der Waals surface area contributed by atoms with E-state index in [1.807, 2.05) is 30.3 Å². The Labute approximate surface area is 148 Å². The summed E-state index contributed by atoms with van der Waals surface area (Å²) in [5, 5.41) is 0. The van der Waals surface area contributed by atoms with E-state index in [9.17, 15) is 4.79 Å². The van der Waals surface area contributed by atoms with Crippen molar-refractivity contribution in [3.8, 4) is 0 Å². The van der Waals surface area contributed by atoms with Crippen molar-refractivity contribution in [2.24, 2.45) is 0 Å². The van der Waals surface area contributed by atoms with Gasteiger partial charge >= 0.3 is 0 Å². The van der Waals surface area contributed by atoms with Crippen molar-refractivity contribution in [1.29, 1.82) is 0 Å². The van der Waals surface area contributed by atoms with Crippen LogP contribution in [0.3, 0.4) is 0 Å². The van der Waals surface area contributed by atoms with Crippen LogP contribution in [0.2, 0.25) is 0 Å². The Hall–Kier alpha value is -2.11. The number of furan rings is 1. The number of carbonyl (C=O) groups excluding carboxylic acids is 1. The van der Waals surface area contributed by atoms with Gasteiger partial charge in [-0.1, -0.05) is 24.3 Å². The van der Waals surface area contributed by atoms with Crippen LogP contribution >= 0.6 is 0 Å². The Morgan fingerprint density at radius 3 is 2.64 bits per heavy atom. The zero-order valence-corrected chi connectivity index (χ0v) is 14.8. The Bertz CT molecular complexity index is 746. The van der Waals surface area contributed by atoms with Crippen molar-refractivity contribution in [2.75, 3.05) is 27.2 Å². The second kappa shape index (κ2) is 6.32. The van der Waals surface area contributed by atoms with E-state index in [1.165, 1.54) is 5.56 Å². The molecule has 0 bridgehead atoms. The molecule has 2 aliphatic heterocycles. The maximum absolute atomic E-state index is 12.6. The number of benzene rings is 1. The molecule has 1 spiro atoms. The van der Waals surface area contributed by atoms with Crippen LogP contribution in [0.15, 0.2) is 47.1 Å². The Morgan fingerprint density at radius 1 is 1.20 bits per heavy atom. The number of hydrogen-bond donors (Lipinski definition) is 0. The predicted octanol–water partition coefficient (Wildman–Crippen LogP) is 2.93. The number of piperidine rings is 1. The van der Waals surface area contributed by atoms with Gasteiger partial charge in [0.05, 0.1) is 18.4 Å². The molecule has 0 aliphatic carbocycles. The molecule has 0 unspecified atom stereocenters. The molecule has 1 saturated heterocycles. The summed E-state index contributed by atoms with van der Waals surface area (Å²) in [5.41, 5.74) is 1.88. The van der Waals surface area contributed by atoms with Gasteiger partial charge in [0.2, 0.25) is 0 Å². The molecule has 1 amide bonds. The molecule has 132 valence electrons. The third-order valence-corrected chi connectivity index (χ3v) is 5.37. The molecular formula is C20H24N2O3. The van der Waals surface area contributed by atoms with Gasteiger partial charge in [0.25, 0.3) is 5.91 Å². The number of carbonyl (C=O) groups is 1. The van der Waals surface area contributed by atoms with Crippen LogP contribution in [0, 0.1) is 0 Å².